The number of aliphatic hydroxyl groups is 1. The second-order valence-corrected chi connectivity index (χ2v) is 3.57. The first-order valence-electron chi connectivity index (χ1n) is 4.63. The van der Waals surface area contributed by atoms with Gasteiger partial charge in [-0.05, 0) is 18.2 Å². The Kier molecular flexibility index (Phi) is 2.50. The molecule has 7 heteroatoms. The molecule has 0 unspecified atom stereocenters. The van der Waals surface area contributed by atoms with Crippen LogP contribution >= 0.6 is 0 Å². The Bertz CT molecular complexity index is 599. The van der Waals surface area contributed by atoms with Crippen molar-refractivity contribution in [2.45, 2.75) is 6.18 Å². The van der Waals surface area contributed by atoms with Crippen LogP contribution in [0.3, 0.4) is 0 Å². The molecule has 0 atom stereocenters. The summed E-state index contributed by atoms with van der Waals surface area (Å²) >= 11 is 0. The largest absolute Gasteiger partial charge is 0.506 e. The fourth-order valence-electron chi connectivity index (χ4n) is 1.64. The number of allylic oxidation sites excluding steroid dienone is 1. The van der Waals surface area contributed by atoms with Gasteiger partial charge in [-0.25, -0.2) is 4.39 Å². The van der Waals surface area contributed by atoms with Gasteiger partial charge in [0.25, 0.3) is 5.78 Å². The molecule has 1 N–H and O–H groups in total. The molecule has 0 amide bonds. The van der Waals surface area contributed by atoms with E-state index in [1.54, 1.807) is 0 Å². The van der Waals surface area contributed by atoms with Gasteiger partial charge in [0, 0.05) is 11.1 Å². The molecule has 1 aliphatic rings. The van der Waals surface area contributed by atoms with Crippen molar-refractivity contribution in [1.29, 1.82) is 0 Å². The topological polar surface area (TPSA) is 54.4 Å². The van der Waals surface area contributed by atoms with E-state index in [0.29, 0.717) is 6.07 Å². The highest BCUT2D eigenvalue weighted by Gasteiger charge is 2.47. The average molecular weight is 260 g/mol. The third kappa shape index (κ3) is 1.68. The number of hydrogen-bond donors (Lipinski definition) is 1. The van der Waals surface area contributed by atoms with Crippen molar-refractivity contribution in [2.24, 2.45) is 0 Å². The van der Waals surface area contributed by atoms with Gasteiger partial charge in [-0.2, -0.15) is 13.2 Å². The van der Waals surface area contributed by atoms with E-state index in [1.165, 1.54) is 0 Å². The molecule has 0 fully saturated rings. The van der Waals surface area contributed by atoms with Crippen molar-refractivity contribution in [2.75, 3.05) is 0 Å². The SMILES string of the molecule is O=C1C(C(=O)C(F)(F)F)=C(O)c2cc(F)ccc21. The normalized spacial score (nSPS) is 15.0. The van der Waals surface area contributed by atoms with Gasteiger partial charge in [-0.1, -0.05) is 0 Å². The number of aliphatic hydroxyl groups excluding tert-OH is 1. The second-order valence-electron chi connectivity index (χ2n) is 3.57. The Morgan fingerprint density at radius 3 is 2.33 bits per heavy atom. The first-order chi connectivity index (χ1) is 8.23. The van der Waals surface area contributed by atoms with Crippen LogP contribution in [0.4, 0.5) is 17.6 Å². The Hall–Kier alpha value is -2.18. The number of rotatable bonds is 1. The number of alkyl halides is 3. The number of carbonyl (C=O) groups is 2. The van der Waals surface area contributed by atoms with E-state index < -0.39 is 40.5 Å². The Labute approximate surface area is 97.3 Å². The van der Waals surface area contributed by atoms with Crippen LogP contribution in [0.2, 0.25) is 0 Å². The van der Waals surface area contributed by atoms with Gasteiger partial charge in [0.15, 0.2) is 0 Å². The predicted molar refractivity (Wildman–Crippen MR) is 51.3 cm³/mol. The van der Waals surface area contributed by atoms with Gasteiger partial charge in [-0.3, -0.25) is 9.59 Å². The number of halogens is 4. The summed E-state index contributed by atoms with van der Waals surface area (Å²) in [5.74, 6) is -5.68. The second kappa shape index (κ2) is 3.66. The van der Waals surface area contributed by atoms with Crippen LogP contribution in [-0.2, 0) is 4.79 Å². The minimum Gasteiger partial charge on any atom is -0.506 e. The molecule has 0 saturated carbocycles. The lowest BCUT2D eigenvalue weighted by Gasteiger charge is -2.04. The number of ketones is 2. The standard InChI is InChI=1S/C11H4F4O3/c12-4-1-2-5-6(3-4)9(17)7(8(5)16)10(18)11(13,14)15/h1-3,17H. The number of fused-ring (bicyclic) bond motifs is 1. The molecule has 3 nitrogen and oxygen atoms in total. The molecule has 18 heavy (non-hydrogen) atoms. The molecule has 1 aromatic rings. The minimum absolute atomic E-state index is 0.332. The summed E-state index contributed by atoms with van der Waals surface area (Å²) in [6.45, 7) is 0. The Morgan fingerprint density at radius 1 is 1.17 bits per heavy atom. The zero-order valence-electron chi connectivity index (χ0n) is 8.51. The van der Waals surface area contributed by atoms with Gasteiger partial charge in [0.05, 0.1) is 0 Å². The molecular weight excluding hydrogens is 256 g/mol. The molecule has 0 spiro atoms. The smallest absolute Gasteiger partial charge is 0.455 e. The highest BCUT2D eigenvalue weighted by molar-refractivity contribution is 6.35. The van der Waals surface area contributed by atoms with Crippen LogP contribution in [-0.4, -0.2) is 22.8 Å². The summed E-state index contributed by atoms with van der Waals surface area (Å²) in [5, 5.41) is 9.44. The maximum atomic E-state index is 12.9. The fourth-order valence-corrected chi connectivity index (χ4v) is 1.64. The summed E-state index contributed by atoms with van der Waals surface area (Å²) in [5.41, 5.74) is -2.11. The monoisotopic (exact) mass is 260 g/mol. The van der Waals surface area contributed by atoms with Crippen LogP contribution in [0.25, 0.3) is 5.76 Å². The van der Waals surface area contributed by atoms with Crippen LogP contribution in [0.15, 0.2) is 23.8 Å². The van der Waals surface area contributed by atoms with Crippen molar-refractivity contribution < 1.29 is 32.3 Å². The van der Waals surface area contributed by atoms with E-state index >= 15 is 0 Å². The molecule has 94 valence electrons. The molecule has 0 aliphatic heterocycles. The van der Waals surface area contributed by atoms with E-state index in [4.69, 9.17) is 0 Å². The van der Waals surface area contributed by atoms with Gasteiger partial charge < -0.3 is 5.11 Å². The van der Waals surface area contributed by atoms with Crippen molar-refractivity contribution in [3.8, 4) is 0 Å². The number of benzene rings is 1. The number of hydrogen-bond acceptors (Lipinski definition) is 3. The highest BCUT2D eigenvalue weighted by atomic mass is 19.4. The van der Waals surface area contributed by atoms with Crippen LogP contribution in [0.1, 0.15) is 15.9 Å². The molecule has 0 bridgehead atoms. The van der Waals surface area contributed by atoms with Crippen molar-refractivity contribution in [1.82, 2.24) is 0 Å². The maximum Gasteiger partial charge on any atom is 0.455 e. The van der Waals surface area contributed by atoms with E-state index in [0.717, 1.165) is 12.1 Å². The van der Waals surface area contributed by atoms with E-state index in [-0.39, 0.29) is 5.56 Å². The summed E-state index contributed by atoms with van der Waals surface area (Å²) in [6.07, 6.45) is -5.28. The molecule has 1 aromatic carbocycles. The zero-order chi connectivity index (χ0) is 13.7. The lowest BCUT2D eigenvalue weighted by molar-refractivity contribution is -0.166. The zero-order valence-corrected chi connectivity index (χ0v) is 8.51. The lowest BCUT2D eigenvalue weighted by Crippen LogP contribution is -2.27. The van der Waals surface area contributed by atoms with Crippen molar-refractivity contribution >= 4 is 17.3 Å². The highest BCUT2D eigenvalue weighted by Crippen LogP contribution is 2.35. The molecular formula is C11H4F4O3. The third-order valence-corrected chi connectivity index (χ3v) is 2.43. The molecule has 2 rings (SSSR count). The Balaban J connectivity index is 2.60. The van der Waals surface area contributed by atoms with Crippen molar-refractivity contribution in [3.63, 3.8) is 0 Å². The van der Waals surface area contributed by atoms with E-state index in [1.807, 2.05) is 0 Å². The summed E-state index contributed by atoms with van der Waals surface area (Å²) in [7, 11) is 0. The fraction of sp³-hybridized carbons (Fsp3) is 0.0909. The van der Waals surface area contributed by atoms with Crippen LogP contribution < -0.4 is 0 Å². The molecule has 0 radical (unpaired) electrons. The predicted octanol–water partition coefficient (Wildman–Crippen LogP) is 2.42. The molecule has 0 aromatic heterocycles. The van der Waals surface area contributed by atoms with Crippen molar-refractivity contribution in [3.05, 3.63) is 40.7 Å². The average Bonchev–Trinajstić information content (AvgIpc) is 2.49. The molecule has 1 aliphatic carbocycles. The third-order valence-electron chi connectivity index (χ3n) is 2.43. The Morgan fingerprint density at radius 2 is 1.78 bits per heavy atom. The summed E-state index contributed by atoms with van der Waals surface area (Å²) in [6, 6.07) is 2.46. The van der Waals surface area contributed by atoms with E-state index in [2.05, 4.69) is 0 Å². The summed E-state index contributed by atoms with van der Waals surface area (Å²) < 4.78 is 49.6. The van der Waals surface area contributed by atoms with E-state index in [9.17, 15) is 32.3 Å². The summed E-state index contributed by atoms with van der Waals surface area (Å²) in [4.78, 5) is 22.5. The van der Waals surface area contributed by atoms with Crippen LogP contribution in [0.5, 0.6) is 0 Å². The van der Waals surface area contributed by atoms with Gasteiger partial charge in [-0.15, -0.1) is 0 Å². The number of carbonyl (C=O) groups excluding carboxylic acids is 2. The maximum absolute atomic E-state index is 12.9. The molecule has 0 heterocycles. The molecule has 0 saturated heterocycles. The van der Waals surface area contributed by atoms with Gasteiger partial charge in [0.1, 0.15) is 17.1 Å². The van der Waals surface area contributed by atoms with Gasteiger partial charge >= 0.3 is 6.18 Å². The quantitative estimate of drug-likeness (QED) is 0.623. The number of Topliss-reactive ketones (excluding diaryl/α,β-unsaturated/α-hetero) is 2. The first-order valence-corrected chi connectivity index (χ1v) is 4.63. The van der Waals surface area contributed by atoms with Gasteiger partial charge in [0.2, 0.25) is 5.78 Å². The first kappa shape index (κ1) is 12.3. The minimum atomic E-state index is -5.28. The van der Waals surface area contributed by atoms with Crippen LogP contribution in [0, 0.1) is 5.82 Å². The lowest BCUT2D eigenvalue weighted by atomic mass is 10.1.